The van der Waals surface area contributed by atoms with Crippen molar-refractivity contribution >= 4 is 41.3 Å². The normalized spacial score (nSPS) is 20.1. The van der Waals surface area contributed by atoms with Crippen molar-refractivity contribution in [3.8, 4) is 0 Å². The van der Waals surface area contributed by atoms with Gasteiger partial charge in [-0.15, -0.1) is 0 Å². The first-order chi connectivity index (χ1) is 24.8. The van der Waals surface area contributed by atoms with Gasteiger partial charge in [0.25, 0.3) is 5.91 Å². The first kappa shape index (κ1) is 40.5. The minimum atomic E-state index is -1.18. The number of benzene rings is 1. The molecule has 1 aromatic carbocycles. The molecule has 4 N–H and O–H groups in total. The Bertz CT molecular complexity index is 1440. The predicted octanol–water partition coefficient (Wildman–Crippen LogP) is 3.90. The summed E-state index contributed by atoms with van der Waals surface area (Å²) in [5.41, 5.74) is 0.349. The summed E-state index contributed by atoms with van der Waals surface area (Å²) in [6.07, 6.45) is 8.65. The van der Waals surface area contributed by atoms with Crippen molar-refractivity contribution in [1.29, 1.82) is 0 Å². The Morgan fingerprint density at radius 3 is 2.19 bits per heavy atom. The summed E-state index contributed by atoms with van der Waals surface area (Å²) in [5, 5.41) is 10.6. The Kier molecular flexibility index (Phi) is 14.8. The zero-order valence-electron chi connectivity index (χ0n) is 31.2. The van der Waals surface area contributed by atoms with Crippen LogP contribution >= 0.6 is 0 Å². The first-order valence-electron chi connectivity index (χ1n) is 19.0. The first-order valence-corrected chi connectivity index (χ1v) is 19.0. The van der Waals surface area contributed by atoms with Crippen LogP contribution in [0.5, 0.6) is 0 Å². The summed E-state index contributed by atoms with van der Waals surface area (Å²) in [6, 6.07) is 4.86. The third-order valence-corrected chi connectivity index (χ3v) is 10.7. The summed E-state index contributed by atoms with van der Waals surface area (Å²) < 4.78 is 5.40. The number of amides is 5. The Balaban J connectivity index is 1.45. The van der Waals surface area contributed by atoms with Gasteiger partial charge in [-0.25, -0.2) is 4.79 Å². The van der Waals surface area contributed by atoms with E-state index in [-0.39, 0.29) is 42.0 Å². The molecule has 1 aliphatic heterocycles. The molecule has 1 saturated heterocycles. The zero-order chi connectivity index (χ0) is 37.8. The molecule has 1 aromatic rings. The van der Waals surface area contributed by atoms with E-state index in [9.17, 15) is 33.6 Å². The van der Waals surface area contributed by atoms with Gasteiger partial charge in [0.1, 0.15) is 18.1 Å². The molecular weight excluding hydrogens is 666 g/mol. The van der Waals surface area contributed by atoms with Gasteiger partial charge in [-0.05, 0) is 68.3 Å². The van der Waals surface area contributed by atoms with E-state index >= 15 is 0 Å². The van der Waals surface area contributed by atoms with Gasteiger partial charge in [0, 0.05) is 6.54 Å². The Morgan fingerprint density at radius 2 is 1.58 bits per heavy atom. The summed E-state index contributed by atoms with van der Waals surface area (Å²) in [5.74, 6) is -3.71. The number of nitrogens with zero attached hydrogens (tertiary/aromatic N) is 1. The summed E-state index contributed by atoms with van der Waals surface area (Å²) in [6.45, 7) is 7.08. The zero-order valence-corrected chi connectivity index (χ0v) is 31.2. The highest BCUT2D eigenvalue weighted by Crippen LogP contribution is 2.48. The van der Waals surface area contributed by atoms with E-state index in [0.717, 1.165) is 57.8 Å². The van der Waals surface area contributed by atoms with Crippen LogP contribution in [-0.4, -0.2) is 84.0 Å². The lowest BCUT2D eigenvalue weighted by molar-refractivity contribution is -0.143. The second-order valence-electron chi connectivity index (χ2n) is 15.3. The van der Waals surface area contributed by atoms with Crippen molar-refractivity contribution in [3.63, 3.8) is 0 Å². The molecule has 0 bridgehead atoms. The molecule has 2 saturated carbocycles. The van der Waals surface area contributed by atoms with Crippen LogP contribution in [0.25, 0.3) is 0 Å². The number of carbonyl (C=O) groups excluding carboxylic acids is 7. The largest absolute Gasteiger partial charge is 0.449 e. The molecule has 5 amide bonds. The van der Waals surface area contributed by atoms with Gasteiger partial charge in [-0.3, -0.25) is 28.8 Å². The number of carbonyl (C=O) groups is 7. The average Bonchev–Trinajstić information content (AvgIpc) is 3.77. The molecule has 4 rings (SSSR count). The van der Waals surface area contributed by atoms with E-state index in [1.165, 1.54) is 6.92 Å². The number of alkyl carbamates (subject to hydrolysis) is 1. The van der Waals surface area contributed by atoms with Crippen LogP contribution in [0.15, 0.2) is 30.3 Å². The van der Waals surface area contributed by atoms with Gasteiger partial charge in [-0.1, -0.05) is 89.6 Å². The van der Waals surface area contributed by atoms with Crippen molar-refractivity contribution in [3.05, 3.63) is 35.9 Å². The maximum atomic E-state index is 14.5. The molecule has 2 unspecified atom stereocenters. The molecule has 52 heavy (non-hydrogen) atoms. The molecule has 2 aliphatic carbocycles. The maximum absolute atomic E-state index is 14.5. The van der Waals surface area contributed by atoms with Gasteiger partial charge >= 0.3 is 6.09 Å². The number of hydrogen-bond acceptors (Lipinski definition) is 8. The average molecular weight is 724 g/mol. The Morgan fingerprint density at radius 1 is 0.904 bits per heavy atom. The van der Waals surface area contributed by atoms with Crippen LogP contribution in [-0.2, 0) is 33.5 Å². The molecule has 0 radical (unpaired) electrons. The van der Waals surface area contributed by atoms with Crippen LogP contribution in [0.1, 0.15) is 116 Å². The lowest BCUT2D eigenvalue weighted by Crippen LogP contribution is -2.58. The predicted molar refractivity (Wildman–Crippen MR) is 194 cm³/mol. The maximum Gasteiger partial charge on any atom is 0.407 e. The van der Waals surface area contributed by atoms with E-state index in [2.05, 4.69) is 21.3 Å². The molecule has 13 nitrogen and oxygen atoms in total. The quantitative estimate of drug-likeness (QED) is 0.186. The minimum Gasteiger partial charge on any atom is -0.449 e. The second kappa shape index (κ2) is 19.0. The highest BCUT2D eigenvalue weighted by Gasteiger charge is 2.52. The van der Waals surface area contributed by atoms with Gasteiger partial charge in [0.2, 0.25) is 23.5 Å². The molecule has 1 spiro atoms. The van der Waals surface area contributed by atoms with E-state index < -0.39 is 60.3 Å². The number of Topliss-reactive ketones (excluding diaryl/α,β-unsaturated/α-hetero) is 2. The summed E-state index contributed by atoms with van der Waals surface area (Å²) >= 11 is 0. The number of likely N-dealkylation sites (tertiary alicyclic amines) is 1. The van der Waals surface area contributed by atoms with E-state index in [1.54, 1.807) is 35.2 Å². The molecule has 3 fully saturated rings. The van der Waals surface area contributed by atoms with Gasteiger partial charge in [0.05, 0.1) is 19.2 Å². The Labute approximate surface area is 307 Å². The SMILES string of the molecule is CCCC(NC(=O)C1CC2(CCCC2)CN1C(=O)[C@@H](NC(=O)OCC(C)C)C1CCCCC1)C(=O)C(=O)NCC(=O)N[C@H](C(C)=O)c1ccccc1. The second-order valence-corrected chi connectivity index (χ2v) is 15.3. The van der Waals surface area contributed by atoms with Crippen LogP contribution < -0.4 is 21.3 Å². The lowest BCUT2D eigenvalue weighted by atomic mass is 9.83. The van der Waals surface area contributed by atoms with Crippen molar-refractivity contribution < 1.29 is 38.3 Å². The molecule has 4 atom stereocenters. The molecule has 0 aromatic heterocycles. The topological polar surface area (TPSA) is 180 Å². The summed E-state index contributed by atoms with van der Waals surface area (Å²) in [4.78, 5) is 94.4. The van der Waals surface area contributed by atoms with E-state index in [4.69, 9.17) is 4.74 Å². The smallest absolute Gasteiger partial charge is 0.407 e. The molecule has 1 heterocycles. The molecule has 3 aliphatic rings. The van der Waals surface area contributed by atoms with Crippen molar-refractivity contribution in [2.24, 2.45) is 17.3 Å². The highest BCUT2D eigenvalue weighted by molar-refractivity contribution is 6.38. The fourth-order valence-electron chi connectivity index (χ4n) is 7.96. The molecule has 13 heteroatoms. The van der Waals surface area contributed by atoms with Crippen LogP contribution in [0, 0.1) is 17.3 Å². The van der Waals surface area contributed by atoms with Gasteiger partial charge in [0.15, 0.2) is 5.78 Å². The van der Waals surface area contributed by atoms with Gasteiger partial charge in [-0.2, -0.15) is 0 Å². The van der Waals surface area contributed by atoms with Crippen molar-refractivity contribution in [2.75, 3.05) is 19.7 Å². The molecular formula is C39H57N5O8. The van der Waals surface area contributed by atoms with Gasteiger partial charge < -0.3 is 30.9 Å². The third-order valence-electron chi connectivity index (χ3n) is 10.7. The number of ketones is 2. The number of nitrogens with one attached hydrogen (secondary N) is 4. The van der Waals surface area contributed by atoms with Crippen LogP contribution in [0.3, 0.4) is 0 Å². The minimum absolute atomic E-state index is 0.0922. The lowest BCUT2D eigenvalue weighted by Gasteiger charge is -2.35. The third kappa shape index (κ3) is 10.9. The fourth-order valence-corrected chi connectivity index (χ4v) is 7.96. The van der Waals surface area contributed by atoms with Crippen molar-refractivity contribution in [2.45, 2.75) is 129 Å². The van der Waals surface area contributed by atoms with Crippen LogP contribution in [0.4, 0.5) is 4.79 Å². The van der Waals surface area contributed by atoms with Crippen molar-refractivity contribution in [1.82, 2.24) is 26.2 Å². The molecule has 286 valence electrons. The Hall–Kier alpha value is -4.29. The number of rotatable bonds is 16. The standard InChI is InChI=1S/C39H57N5O8/c1-5-14-29(34(47)36(49)40-22-31(46)42-32(26(4)45)27-15-8-6-9-16-27)41-35(48)30-21-39(19-12-13-20-39)24-44(30)37(50)33(28-17-10-7-11-18-28)43-38(51)52-23-25(2)3/h6,8-9,15-16,25,28-30,32-33H,5,7,10-14,17-24H2,1-4H3,(H,40,49)(H,41,48)(H,42,46)(H,43,51)/t29?,30?,32-,33+/m1/s1. The van der Waals surface area contributed by atoms with Crippen LogP contribution in [0.2, 0.25) is 0 Å². The number of hydrogen-bond donors (Lipinski definition) is 4. The number of ether oxygens (including phenoxy) is 1. The summed E-state index contributed by atoms with van der Waals surface area (Å²) in [7, 11) is 0. The van der Waals surface area contributed by atoms with E-state index in [0.29, 0.717) is 24.9 Å². The van der Waals surface area contributed by atoms with E-state index in [1.807, 2.05) is 20.8 Å². The monoisotopic (exact) mass is 723 g/mol. The fraction of sp³-hybridized carbons (Fsp3) is 0.667. The highest BCUT2D eigenvalue weighted by atomic mass is 16.5.